The number of nitrogens with zero attached hydrogens (tertiary/aromatic N) is 6. The van der Waals surface area contributed by atoms with Gasteiger partial charge >= 0.3 is 11.8 Å². The van der Waals surface area contributed by atoms with Gasteiger partial charge in [-0.1, -0.05) is 32.0 Å². The molecule has 47 heavy (non-hydrogen) atoms. The average Bonchev–Trinajstić information content (AvgIpc) is 3.78. The second kappa shape index (κ2) is 9.54. The lowest BCUT2D eigenvalue weighted by atomic mass is 9.71. The van der Waals surface area contributed by atoms with E-state index in [2.05, 4.69) is 63.6 Å². The SMILES string of the molecule is CCC1(C)n2nc(C(F)(F)F)cc2-c2cccc[n+]2C1(C=C1c2cc3sc4ccccc4c3cc2-c2cnc3cccnc3[n+]21)CC. The van der Waals surface area contributed by atoms with E-state index < -0.39 is 22.9 Å². The van der Waals surface area contributed by atoms with Crippen molar-refractivity contribution in [3.63, 3.8) is 0 Å². The van der Waals surface area contributed by atoms with Gasteiger partial charge in [0.2, 0.25) is 11.2 Å². The van der Waals surface area contributed by atoms with Crippen molar-refractivity contribution in [2.75, 3.05) is 0 Å². The summed E-state index contributed by atoms with van der Waals surface area (Å²) in [4.78, 5) is 9.62. The largest absolute Gasteiger partial charge is 0.435 e. The number of pyridine rings is 2. The Labute approximate surface area is 272 Å². The predicted molar refractivity (Wildman–Crippen MR) is 176 cm³/mol. The van der Waals surface area contributed by atoms with Crippen molar-refractivity contribution in [1.29, 1.82) is 0 Å². The van der Waals surface area contributed by atoms with E-state index in [1.807, 2.05) is 56.6 Å². The van der Waals surface area contributed by atoms with Crippen molar-refractivity contribution in [2.24, 2.45) is 0 Å². The first-order valence-electron chi connectivity index (χ1n) is 15.7. The number of benzene rings is 2. The highest BCUT2D eigenvalue weighted by molar-refractivity contribution is 7.25. The van der Waals surface area contributed by atoms with Crippen LogP contribution in [0.5, 0.6) is 0 Å². The third-order valence-electron chi connectivity index (χ3n) is 10.4. The van der Waals surface area contributed by atoms with Crippen molar-refractivity contribution in [3.8, 4) is 22.6 Å². The van der Waals surface area contributed by atoms with Crippen LogP contribution in [0.15, 0.2) is 97.5 Å². The monoisotopic (exact) mass is 646 g/mol. The molecule has 0 radical (unpaired) electrons. The van der Waals surface area contributed by atoms with E-state index >= 15 is 0 Å². The highest BCUT2D eigenvalue weighted by Crippen LogP contribution is 2.49. The Morgan fingerprint density at radius 1 is 0.872 bits per heavy atom. The zero-order valence-corrected chi connectivity index (χ0v) is 26.7. The molecule has 2 aliphatic rings. The molecule has 9 rings (SSSR count). The lowest BCUT2D eigenvalue weighted by molar-refractivity contribution is -0.761. The molecule has 0 saturated heterocycles. The number of hydrogen-bond acceptors (Lipinski definition) is 4. The molecule has 232 valence electrons. The molecular weight excluding hydrogens is 618 g/mol. The van der Waals surface area contributed by atoms with Crippen LogP contribution >= 0.6 is 11.3 Å². The number of rotatable bonds is 3. The van der Waals surface area contributed by atoms with Crippen LogP contribution in [0.4, 0.5) is 13.2 Å². The van der Waals surface area contributed by atoms with Crippen LogP contribution in [-0.4, -0.2) is 19.7 Å². The number of aromatic nitrogens is 6. The van der Waals surface area contributed by atoms with Crippen molar-refractivity contribution in [1.82, 2.24) is 19.7 Å². The molecule has 2 atom stereocenters. The molecule has 7 heterocycles. The van der Waals surface area contributed by atoms with Crippen molar-refractivity contribution in [2.45, 2.75) is 50.9 Å². The number of alkyl halides is 3. The molecule has 0 saturated carbocycles. The molecule has 0 amide bonds. The second-order valence-corrected chi connectivity index (χ2v) is 13.6. The van der Waals surface area contributed by atoms with E-state index in [-0.39, 0.29) is 0 Å². The van der Waals surface area contributed by atoms with Gasteiger partial charge in [0.05, 0.1) is 6.20 Å². The van der Waals surface area contributed by atoms with Crippen LogP contribution in [0, 0.1) is 0 Å². The fourth-order valence-corrected chi connectivity index (χ4v) is 9.06. The summed E-state index contributed by atoms with van der Waals surface area (Å²) in [5.74, 6) is 0. The lowest BCUT2D eigenvalue weighted by Crippen LogP contribution is -2.70. The zero-order valence-electron chi connectivity index (χ0n) is 25.9. The highest BCUT2D eigenvalue weighted by Gasteiger charge is 2.61. The molecule has 6 nitrogen and oxygen atoms in total. The Balaban J connectivity index is 1.41. The maximum atomic E-state index is 14.2. The van der Waals surface area contributed by atoms with E-state index in [1.165, 1.54) is 26.2 Å². The topological polar surface area (TPSA) is 51.4 Å². The fourth-order valence-electron chi connectivity index (χ4n) is 7.94. The Morgan fingerprint density at radius 3 is 2.51 bits per heavy atom. The molecule has 10 heteroatoms. The maximum Gasteiger partial charge on any atom is 0.435 e. The Kier molecular flexibility index (Phi) is 5.74. The summed E-state index contributed by atoms with van der Waals surface area (Å²) in [6.07, 6.45) is 4.49. The highest BCUT2D eigenvalue weighted by atomic mass is 32.1. The van der Waals surface area contributed by atoms with Crippen molar-refractivity contribution in [3.05, 3.63) is 109 Å². The molecular formula is C37H29F3N6S+2. The Hall–Kier alpha value is -4.96. The fraction of sp³-hybridized carbons (Fsp3) is 0.216. The quantitative estimate of drug-likeness (QED) is 0.182. The molecule has 2 unspecified atom stereocenters. The van der Waals surface area contributed by atoms with Crippen LogP contribution in [0.25, 0.3) is 59.7 Å². The minimum absolute atomic E-state index is 0.452. The summed E-state index contributed by atoms with van der Waals surface area (Å²) in [5.41, 5.74) is 3.97. The first-order valence-corrected chi connectivity index (χ1v) is 16.5. The van der Waals surface area contributed by atoms with Crippen LogP contribution in [0.2, 0.25) is 0 Å². The minimum atomic E-state index is -4.57. The number of allylic oxidation sites excluding steroid dienone is 1. The predicted octanol–water partition coefficient (Wildman–Crippen LogP) is 8.27. The van der Waals surface area contributed by atoms with Crippen molar-refractivity contribution >= 4 is 48.4 Å². The molecule has 2 aromatic carbocycles. The maximum absolute atomic E-state index is 14.2. The van der Waals surface area contributed by atoms with Gasteiger partial charge in [-0.25, -0.2) is 9.67 Å². The van der Waals surface area contributed by atoms with Gasteiger partial charge in [0.15, 0.2) is 23.1 Å². The summed E-state index contributed by atoms with van der Waals surface area (Å²) >= 11 is 1.76. The smallest absolute Gasteiger partial charge is 0.245 e. The van der Waals surface area contributed by atoms with Gasteiger partial charge in [-0.2, -0.15) is 27.4 Å². The van der Waals surface area contributed by atoms with E-state index in [1.54, 1.807) is 22.2 Å². The number of fused-ring (bicyclic) bond motifs is 11. The number of hydrogen-bond donors (Lipinski definition) is 0. The summed E-state index contributed by atoms with van der Waals surface area (Å²) in [6, 6.07) is 23.7. The van der Waals surface area contributed by atoms with Gasteiger partial charge in [-0.3, -0.25) is 0 Å². The van der Waals surface area contributed by atoms with E-state index in [4.69, 9.17) is 9.97 Å². The average molecular weight is 647 g/mol. The summed E-state index contributed by atoms with van der Waals surface area (Å²) < 4.78 is 50.9. The normalized spacial score (nSPS) is 20.9. The van der Waals surface area contributed by atoms with E-state index in [0.717, 1.165) is 33.7 Å². The molecule has 7 aromatic rings. The summed E-state index contributed by atoms with van der Waals surface area (Å²) in [5, 5.41) is 6.68. The van der Waals surface area contributed by atoms with Gasteiger partial charge in [-0.05, 0) is 54.7 Å². The second-order valence-electron chi connectivity index (χ2n) is 12.5. The van der Waals surface area contributed by atoms with Gasteiger partial charge in [0, 0.05) is 62.0 Å². The van der Waals surface area contributed by atoms with Crippen LogP contribution < -0.4 is 9.13 Å². The molecule has 0 spiro atoms. The Morgan fingerprint density at radius 2 is 1.70 bits per heavy atom. The molecule has 0 bridgehead atoms. The number of halogens is 3. The van der Waals surface area contributed by atoms with Crippen molar-refractivity contribution < 1.29 is 22.3 Å². The van der Waals surface area contributed by atoms with E-state index in [0.29, 0.717) is 24.2 Å². The van der Waals surface area contributed by atoms with Gasteiger partial charge in [0.25, 0.3) is 0 Å². The standard InChI is InChI=1S/C37H29F3N6S/c1-4-35(3)36(5-2,44-16-9-8-13-27(44)28-19-33(37(38,39)40)43-46(28)35)20-29-24-18-32-25(22-11-6-7-14-31(22)47-32)17-23(24)30-21-42-26-12-10-15-41-34(26)45(29)30/h6-21H,4-5H2,1-3H3/q+2. The summed E-state index contributed by atoms with van der Waals surface area (Å²) in [7, 11) is 0. The molecule has 5 aromatic heterocycles. The minimum Gasteiger partial charge on any atom is -0.245 e. The van der Waals surface area contributed by atoms with E-state index in [9.17, 15) is 13.2 Å². The molecule has 0 aliphatic carbocycles. The first-order chi connectivity index (χ1) is 22.7. The summed E-state index contributed by atoms with van der Waals surface area (Å²) in [6.45, 7) is 6.17. The molecule has 0 N–H and O–H groups in total. The number of thiophene rings is 1. The van der Waals surface area contributed by atoms with Gasteiger partial charge in [-0.15, -0.1) is 11.3 Å². The van der Waals surface area contributed by atoms with Crippen LogP contribution in [-0.2, 0) is 17.3 Å². The lowest BCUT2D eigenvalue weighted by Gasteiger charge is -2.45. The van der Waals surface area contributed by atoms with Gasteiger partial charge < -0.3 is 0 Å². The third-order valence-corrected chi connectivity index (χ3v) is 11.5. The van der Waals surface area contributed by atoms with Gasteiger partial charge in [0.1, 0.15) is 23.1 Å². The third kappa shape index (κ3) is 3.64. The molecule has 2 aliphatic heterocycles. The Bertz CT molecular complexity index is 2480. The van der Waals surface area contributed by atoms with Crippen LogP contribution in [0.1, 0.15) is 44.9 Å². The molecule has 0 fully saturated rings. The van der Waals surface area contributed by atoms with Crippen LogP contribution in [0.3, 0.4) is 0 Å². The first kappa shape index (κ1) is 28.3. The zero-order chi connectivity index (χ0) is 32.3.